The first-order valence-electron chi connectivity index (χ1n) is 4.54. The molecule has 1 heterocycles. The highest BCUT2D eigenvalue weighted by Gasteiger charge is 2.20. The van der Waals surface area contributed by atoms with Crippen LogP contribution < -0.4 is 0 Å². The maximum atomic E-state index is 9.58. The van der Waals surface area contributed by atoms with Crippen molar-refractivity contribution in [2.24, 2.45) is 0 Å². The summed E-state index contributed by atoms with van der Waals surface area (Å²) in [7, 11) is 0. The van der Waals surface area contributed by atoms with E-state index in [1.807, 2.05) is 25.1 Å². The van der Waals surface area contributed by atoms with Crippen molar-refractivity contribution in [2.45, 2.75) is 19.4 Å². The third-order valence-corrected chi connectivity index (χ3v) is 1.88. The van der Waals surface area contributed by atoms with E-state index in [0.717, 1.165) is 18.5 Å². The molecule has 1 aliphatic rings. The van der Waals surface area contributed by atoms with Crippen LogP contribution in [0.2, 0.25) is 0 Å². The Bertz CT molecular complexity index is 271. The Labute approximate surface area is 83.3 Å². The highest BCUT2D eigenvalue weighted by molar-refractivity contribution is 5.50. The lowest BCUT2D eigenvalue weighted by atomic mass is 10.2. The van der Waals surface area contributed by atoms with Crippen molar-refractivity contribution in [2.75, 3.05) is 6.61 Å². The smallest absolute Gasteiger partial charge is 0.122 e. The van der Waals surface area contributed by atoms with Crippen LogP contribution in [0.1, 0.15) is 12.0 Å². The van der Waals surface area contributed by atoms with Crippen molar-refractivity contribution >= 4 is 6.29 Å². The van der Waals surface area contributed by atoms with Gasteiger partial charge in [-0.25, -0.2) is 0 Å². The SMILES string of the molecule is Cc1ccccc1O.O=CCC1CO1. The Kier molecular flexibility index (Phi) is 4.13. The molecule has 0 bridgehead atoms. The van der Waals surface area contributed by atoms with Crippen LogP contribution in [0.25, 0.3) is 0 Å². The predicted molar refractivity (Wildman–Crippen MR) is 53.3 cm³/mol. The first kappa shape index (κ1) is 10.7. The summed E-state index contributed by atoms with van der Waals surface area (Å²) in [4.78, 5) is 9.58. The number of phenolic OH excluding ortho intramolecular Hbond substituents is 1. The van der Waals surface area contributed by atoms with Crippen molar-refractivity contribution in [1.82, 2.24) is 0 Å². The molecule has 1 aromatic carbocycles. The van der Waals surface area contributed by atoms with Crippen LogP contribution in [0.5, 0.6) is 5.75 Å². The summed E-state index contributed by atoms with van der Waals surface area (Å²) in [5.74, 6) is 0.368. The standard InChI is InChI=1S/C7H8O.C4H6O2/c1-6-4-2-3-5-7(6)8;5-2-1-4-3-6-4/h2-5,8H,1H3;2,4H,1,3H2. The number of rotatable bonds is 2. The van der Waals surface area contributed by atoms with Crippen LogP contribution in [-0.4, -0.2) is 24.1 Å². The van der Waals surface area contributed by atoms with Gasteiger partial charge in [0.2, 0.25) is 0 Å². The topological polar surface area (TPSA) is 49.8 Å². The van der Waals surface area contributed by atoms with E-state index in [2.05, 4.69) is 0 Å². The molecule has 0 aliphatic carbocycles. The fourth-order valence-electron chi connectivity index (χ4n) is 0.875. The average molecular weight is 194 g/mol. The van der Waals surface area contributed by atoms with Gasteiger partial charge in [0.25, 0.3) is 0 Å². The maximum Gasteiger partial charge on any atom is 0.122 e. The van der Waals surface area contributed by atoms with Gasteiger partial charge in [0.15, 0.2) is 0 Å². The van der Waals surface area contributed by atoms with Gasteiger partial charge in [0, 0.05) is 6.42 Å². The molecular formula is C11H14O3. The van der Waals surface area contributed by atoms with E-state index in [9.17, 15) is 4.79 Å². The summed E-state index contributed by atoms with van der Waals surface area (Å²) in [6, 6.07) is 7.25. The molecule has 76 valence electrons. The van der Waals surface area contributed by atoms with E-state index in [-0.39, 0.29) is 6.10 Å². The zero-order valence-electron chi connectivity index (χ0n) is 8.14. The summed E-state index contributed by atoms with van der Waals surface area (Å²) in [6.07, 6.45) is 1.75. The van der Waals surface area contributed by atoms with Gasteiger partial charge in [0.1, 0.15) is 12.0 Å². The summed E-state index contributed by atoms with van der Waals surface area (Å²) < 4.78 is 4.72. The second-order valence-electron chi connectivity index (χ2n) is 3.14. The number of ether oxygens (including phenoxy) is 1. The molecule has 1 unspecified atom stereocenters. The maximum absolute atomic E-state index is 9.58. The fourth-order valence-corrected chi connectivity index (χ4v) is 0.875. The fraction of sp³-hybridized carbons (Fsp3) is 0.364. The first-order valence-corrected chi connectivity index (χ1v) is 4.54. The molecule has 3 heteroatoms. The van der Waals surface area contributed by atoms with E-state index in [0.29, 0.717) is 12.2 Å². The zero-order valence-corrected chi connectivity index (χ0v) is 8.14. The lowest BCUT2D eigenvalue weighted by molar-refractivity contribution is -0.108. The largest absolute Gasteiger partial charge is 0.508 e. The van der Waals surface area contributed by atoms with Crippen molar-refractivity contribution in [1.29, 1.82) is 0 Å². The van der Waals surface area contributed by atoms with Gasteiger partial charge < -0.3 is 14.6 Å². The Morgan fingerprint density at radius 1 is 1.57 bits per heavy atom. The third kappa shape index (κ3) is 4.05. The van der Waals surface area contributed by atoms with Crippen molar-refractivity contribution in [3.8, 4) is 5.75 Å². The Balaban J connectivity index is 0.000000146. The number of carbonyl (C=O) groups excluding carboxylic acids is 1. The summed E-state index contributed by atoms with van der Waals surface area (Å²) >= 11 is 0. The van der Waals surface area contributed by atoms with Gasteiger partial charge in [-0.05, 0) is 18.6 Å². The number of hydrogen-bond acceptors (Lipinski definition) is 3. The van der Waals surface area contributed by atoms with E-state index >= 15 is 0 Å². The molecule has 14 heavy (non-hydrogen) atoms. The number of phenols is 1. The number of epoxide rings is 1. The highest BCUT2D eigenvalue weighted by Crippen LogP contribution is 2.12. The number of aryl methyl sites for hydroxylation is 1. The number of benzene rings is 1. The lowest BCUT2D eigenvalue weighted by Crippen LogP contribution is -1.82. The van der Waals surface area contributed by atoms with E-state index in [4.69, 9.17) is 9.84 Å². The first-order chi connectivity index (χ1) is 6.74. The summed E-state index contributed by atoms with van der Waals surface area (Å²) in [5.41, 5.74) is 0.924. The Morgan fingerprint density at radius 3 is 2.50 bits per heavy atom. The molecule has 0 saturated carbocycles. The van der Waals surface area contributed by atoms with Crippen LogP contribution in [0.15, 0.2) is 24.3 Å². The van der Waals surface area contributed by atoms with Gasteiger partial charge in [-0.15, -0.1) is 0 Å². The molecule has 1 aromatic rings. The van der Waals surface area contributed by atoms with Gasteiger partial charge in [0.05, 0.1) is 12.7 Å². The number of carbonyl (C=O) groups is 1. The van der Waals surface area contributed by atoms with Crippen molar-refractivity contribution in [3.63, 3.8) is 0 Å². The molecule has 1 atom stereocenters. The highest BCUT2D eigenvalue weighted by atomic mass is 16.6. The van der Waals surface area contributed by atoms with E-state index < -0.39 is 0 Å². The quantitative estimate of drug-likeness (QED) is 0.575. The minimum Gasteiger partial charge on any atom is -0.508 e. The second-order valence-corrected chi connectivity index (χ2v) is 3.14. The number of aromatic hydroxyl groups is 1. The molecule has 0 radical (unpaired) electrons. The Morgan fingerprint density at radius 2 is 2.21 bits per heavy atom. The predicted octanol–water partition coefficient (Wildman–Crippen LogP) is 1.67. The lowest BCUT2D eigenvalue weighted by Gasteiger charge is -1.92. The monoisotopic (exact) mass is 194 g/mol. The molecule has 3 nitrogen and oxygen atoms in total. The molecule has 0 aromatic heterocycles. The van der Waals surface area contributed by atoms with Crippen LogP contribution in [0, 0.1) is 6.92 Å². The van der Waals surface area contributed by atoms with E-state index in [1.165, 1.54) is 0 Å². The molecule has 1 fully saturated rings. The molecule has 0 amide bonds. The molecule has 1 aliphatic heterocycles. The summed E-state index contributed by atoms with van der Waals surface area (Å²) in [5, 5.41) is 8.92. The van der Waals surface area contributed by atoms with Gasteiger partial charge in [-0.2, -0.15) is 0 Å². The average Bonchev–Trinajstić information content (AvgIpc) is 2.96. The minimum absolute atomic E-state index is 0.280. The van der Waals surface area contributed by atoms with Crippen LogP contribution >= 0.6 is 0 Å². The van der Waals surface area contributed by atoms with Crippen LogP contribution in [-0.2, 0) is 9.53 Å². The minimum atomic E-state index is 0.280. The van der Waals surface area contributed by atoms with Gasteiger partial charge in [-0.3, -0.25) is 0 Å². The van der Waals surface area contributed by atoms with E-state index in [1.54, 1.807) is 6.07 Å². The molecular weight excluding hydrogens is 180 g/mol. The van der Waals surface area contributed by atoms with Crippen molar-refractivity contribution in [3.05, 3.63) is 29.8 Å². The van der Waals surface area contributed by atoms with Gasteiger partial charge >= 0.3 is 0 Å². The van der Waals surface area contributed by atoms with Crippen LogP contribution in [0.4, 0.5) is 0 Å². The molecule has 0 spiro atoms. The zero-order chi connectivity index (χ0) is 10.4. The Hall–Kier alpha value is -1.35. The molecule has 2 rings (SSSR count). The van der Waals surface area contributed by atoms with Crippen LogP contribution in [0.3, 0.4) is 0 Å². The molecule has 1 N–H and O–H groups in total. The third-order valence-electron chi connectivity index (χ3n) is 1.88. The summed E-state index contributed by atoms with van der Waals surface area (Å²) in [6.45, 7) is 2.66. The number of aldehydes is 1. The molecule has 1 saturated heterocycles. The number of hydrogen-bond donors (Lipinski definition) is 1. The van der Waals surface area contributed by atoms with Crippen molar-refractivity contribution < 1.29 is 14.6 Å². The normalized spacial score (nSPS) is 17.9. The van der Waals surface area contributed by atoms with Gasteiger partial charge in [-0.1, -0.05) is 18.2 Å². The second kappa shape index (κ2) is 5.40. The number of para-hydroxylation sites is 1.